The van der Waals surface area contributed by atoms with Crippen LogP contribution in [0.4, 0.5) is 0 Å². The Kier molecular flexibility index (Phi) is 4.40. The number of ether oxygens (including phenoxy) is 1. The zero-order valence-electron chi connectivity index (χ0n) is 14.4. The van der Waals surface area contributed by atoms with E-state index in [2.05, 4.69) is 10.1 Å². The van der Waals surface area contributed by atoms with Crippen LogP contribution in [0.15, 0.2) is 64.2 Å². The lowest BCUT2D eigenvalue weighted by molar-refractivity contribution is -0.133. The molecule has 2 aromatic heterocycles. The number of carbonyl (C=O) groups excluding carboxylic acids is 1. The molecule has 4 aromatic rings. The quantitative estimate of drug-likeness (QED) is 0.468. The number of rotatable bonds is 4. The smallest absolute Gasteiger partial charge is 0.313 e. The highest BCUT2D eigenvalue weighted by molar-refractivity contribution is 7.90. The van der Waals surface area contributed by atoms with Gasteiger partial charge >= 0.3 is 11.9 Å². The van der Waals surface area contributed by atoms with Crippen LogP contribution >= 0.6 is 11.6 Å². The van der Waals surface area contributed by atoms with Crippen LogP contribution in [-0.4, -0.2) is 28.6 Å². The van der Waals surface area contributed by atoms with Gasteiger partial charge in [-0.05, 0) is 24.3 Å². The summed E-state index contributed by atoms with van der Waals surface area (Å²) in [6.07, 6.45) is 2.63. The van der Waals surface area contributed by atoms with Crippen molar-refractivity contribution in [1.29, 1.82) is 0 Å². The molecule has 0 aliphatic rings. The molecule has 2 aromatic carbocycles. The van der Waals surface area contributed by atoms with Gasteiger partial charge in [0, 0.05) is 22.9 Å². The fraction of sp³-hybridized carbons (Fsp3) is 0.0556. The molecule has 4 rings (SSSR count). The Balaban J connectivity index is 1.88. The molecule has 0 radical (unpaired) electrons. The summed E-state index contributed by atoms with van der Waals surface area (Å²) in [6.45, 7) is 1.23. The highest BCUT2D eigenvalue weighted by Gasteiger charge is 2.23. The second-order valence-corrected chi connectivity index (χ2v) is 7.97. The van der Waals surface area contributed by atoms with Crippen LogP contribution in [0.1, 0.15) is 6.92 Å². The Morgan fingerprint density at radius 1 is 1.18 bits per heavy atom. The van der Waals surface area contributed by atoms with Gasteiger partial charge in [-0.2, -0.15) is 17.6 Å². The van der Waals surface area contributed by atoms with E-state index >= 15 is 0 Å². The number of carbonyl (C=O) groups is 1. The average Bonchev–Trinajstić information content (AvgIpc) is 3.28. The minimum atomic E-state index is -3.92. The number of esters is 1. The third kappa shape index (κ3) is 3.14. The highest BCUT2D eigenvalue weighted by atomic mass is 35.5. The van der Waals surface area contributed by atoms with Crippen LogP contribution in [0.25, 0.3) is 22.4 Å². The average molecular weight is 418 g/mol. The molecule has 28 heavy (non-hydrogen) atoms. The van der Waals surface area contributed by atoms with E-state index in [1.165, 1.54) is 37.5 Å². The lowest BCUT2D eigenvalue weighted by Gasteiger charge is -2.07. The Morgan fingerprint density at radius 3 is 2.64 bits per heavy atom. The fourth-order valence-electron chi connectivity index (χ4n) is 2.70. The van der Waals surface area contributed by atoms with E-state index in [0.29, 0.717) is 10.9 Å². The Labute approximate surface area is 164 Å². The Hall–Kier alpha value is -3.17. The van der Waals surface area contributed by atoms with Gasteiger partial charge in [0.15, 0.2) is 0 Å². The number of halogens is 1. The molecular weight excluding hydrogens is 406 g/mol. The Bertz CT molecular complexity index is 1300. The van der Waals surface area contributed by atoms with E-state index in [9.17, 15) is 13.2 Å². The molecule has 0 fully saturated rings. The SMILES string of the molecule is CC(=O)Oc1cnc(-c2cc(Cl)cc3c2cnn3S(=O)(=O)c2ccccc2)o1. The minimum Gasteiger partial charge on any atom is -0.405 e. The van der Waals surface area contributed by atoms with Crippen molar-refractivity contribution in [2.45, 2.75) is 11.8 Å². The summed E-state index contributed by atoms with van der Waals surface area (Å²) in [5.41, 5.74) is 0.675. The van der Waals surface area contributed by atoms with Crippen LogP contribution in [0, 0.1) is 0 Å². The lowest BCUT2D eigenvalue weighted by Crippen LogP contribution is -2.14. The second-order valence-electron chi connectivity index (χ2n) is 5.77. The summed E-state index contributed by atoms with van der Waals surface area (Å²) in [6, 6.07) is 11.0. The first-order chi connectivity index (χ1) is 13.4. The fourth-order valence-corrected chi connectivity index (χ4v) is 4.20. The summed E-state index contributed by atoms with van der Waals surface area (Å²) in [7, 11) is -3.92. The van der Waals surface area contributed by atoms with Crippen molar-refractivity contribution in [3.8, 4) is 17.4 Å². The zero-order chi connectivity index (χ0) is 19.9. The van der Waals surface area contributed by atoms with Crippen LogP contribution in [-0.2, 0) is 14.8 Å². The number of hydrogen-bond donors (Lipinski definition) is 0. The van der Waals surface area contributed by atoms with Gasteiger partial charge in [-0.15, -0.1) is 0 Å². The van der Waals surface area contributed by atoms with Gasteiger partial charge in [0.05, 0.1) is 16.6 Å². The molecule has 0 atom stereocenters. The maximum absolute atomic E-state index is 13.0. The topological polar surface area (TPSA) is 104 Å². The molecule has 0 bridgehead atoms. The molecule has 0 spiro atoms. The molecular formula is C18H12ClN3O5S. The van der Waals surface area contributed by atoms with E-state index < -0.39 is 16.0 Å². The van der Waals surface area contributed by atoms with Crippen molar-refractivity contribution < 1.29 is 22.4 Å². The van der Waals surface area contributed by atoms with Crippen molar-refractivity contribution >= 4 is 38.5 Å². The van der Waals surface area contributed by atoms with Gasteiger partial charge in [0.1, 0.15) is 6.20 Å². The van der Waals surface area contributed by atoms with Crippen molar-refractivity contribution in [2.75, 3.05) is 0 Å². The minimum absolute atomic E-state index is 0.0834. The predicted octanol–water partition coefficient (Wildman–Crippen LogP) is 3.51. The zero-order valence-corrected chi connectivity index (χ0v) is 15.9. The molecule has 10 heteroatoms. The van der Waals surface area contributed by atoms with E-state index in [-0.39, 0.29) is 27.3 Å². The van der Waals surface area contributed by atoms with Crippen LogP contribution in [0.3, 0.4) is 0 Å². The number of fused-ring (bicyclic) bond motifs is 1. The molecule has 0 saturated heterocycles. The normalized spacial score (nSPS) is 11.6. The molecule has 0 aliphatic carbocycles. The number of oxazole rings is 1. The largest absolute Gasteiger partial charge is 0.405 e. The standard InChI is InChI=1S/C18H12ClN3O5S/c1-11(23)26-17-10-20-18(27-17)14-7-12(19)8-16-15(14)9-21-22(16)28(24,25)13-5-3-2-4-6-13/h2-10H,1H3. The monoisotopic (exact) mass is 417 g/mol. The van der Waals surface area contributed by atoms with Crippen LogP contribution < -0.4 is 4.74 Å². The van der Waals surface area contributed by atoms with Gasteiger partial charge in [-0.1, -0.05) is 29.8 Å². The molecule has 8 nitrogen and oxygen atoms in total. The molecule has 0 unspecified atom stereocenters. The summed E-state index contributed by atoms with van der Waals surface area (Å²) in [5, 5.41) is 4.76. The predicted molar refractivity (Wildman–Crippen MR) is 101 cm³/mol. The van der Waals surface area contributed by atoms with Crippen molar-refractivity contribution in [2.24, 2.45) is 0 Å². The van der Waals surface area contributed by atoms with Crippen LogP contribution in [0.2, 0.25) is 5.02 Å². The van der Waals surface area contributed by atoms with Crippen molar-refractivity contribution in [1.82, 2.24) is 14.2 Å². The van der Waals surface area contributed by atoms with Crippen molar-refractivity contribution in [3.63, 3.8) is 0 Å². The van der Waals surface area contributed by atoms with E-state index in [0.717, 1.165) is 4.09 Å². The molecule has 0 N–H and O–H groups in total. The maximum Gasteiger partial charge on any atom is 0.313 e. The molecule has 0 amide bonds. The van der Waals surface area contributed by atoms with Gasteiger partial charge in [-0.25, -0.2) is 4.98 Å². The van der Waals surface area contributed by atoms with Gasteiger partial charge in [0.2, 0.25) is 5.89 Å². The summed E-state index contributed by atoms with van der Waals surface area (Å²) in [5.74, 6) is -0.527. The number of benzene rings is 2. The third-order valence-electron chi connectivity index (χ3n) is 3.85. The summed E-state index contributed by atoms with van der Waals surface area (Å²) < 4.78 is 37.1. The first-order valence-electron chi connectivity index (χ1n) is 7.99. The van der Waals surface area contributed by atoms with Gasteiger partial charge < -0.3 is 9.15 Å². The number of nitrogens with zero attached hydrogens (tertiary/aromatic N) is 3. The van der Waals surface area contributed by atoms with E-state index in [4.69, 9.17) is 20.8 Å². The molecule has 0 saturated carbocycles. The first-order valence-corrected chi connectivity index (χ1v) is 9.80. The summed E-state index contributed by atoms with van der Waals surface area (Å²) in [4.78, 5) is 15.2. The van der Waals surface area contributed by atoms with Crippen LogP contribution in [0.5, 0.6) is 5.95 Å². The number of aromatic nitrogens is 3. The summed E-state index contributed by atoms with van der Waals surface area (Å²) >= 11 is 6.20. The highest BCUT2D eigenvalue weighted by Crippen LogP contribution is 2.34. The molecule has 0 aliphatic heterocycles. The van der Waals surface area contributed by atoms with E-state index in [1.807, 2.05) is 0 Å². The second kappa shape index (κ2) is 6.77. The first kappa shape index (κ1) is 18.2. The Morgan fingerprint density at radius 2 is 1.93 bits per heavy atom. The number of hydrogen-bond acceptors (Lipinski definition) is 7. The lowest BCUT2D eigenvalue weighted by atomic mass is 10.1. The maximum atomic E-state index is 13.0. The van der Waals surface area contributed by atoms with Crippen molar-refractivity contribution in [3.05, 3.63) is 59.9 Å². The molecule has 2 heterocycles. The molecule has 142 valence electrons. The van der Waals surface area contributed by atoms with Gasteiger partial charge in [-0.3, -0.25) is 4.79 Å². The third-order valence-corrected chi connectivity index (χ3v) is 5.68. The van der Waals surface area contributed by atoms with Gasteiger partial charge in [0.25, 0.3) is 10.0 Å². The van der Waals surface area contributed by atoms with E-state index in [1.54, 1.807) is 24.3 Å².